The zero-order chi connectivity index (χ0) is 12.1. The van der Waals surface area contributed by atoms with Crippen LogP contribution >= 0.6 is 0 Å². The Labute approximate surface area is 99.4 Å². The average molecular weight is 217 g/mol. The summed E-state index contributed by atoms with van der Waals surface area (Å²) in [6.07, 6.45) is 2.30. The van der Waals surface area contributed by atoms with E-state index in [-0.39, 0.29) is 0 Å². The van der Waals surface area contributed by atoms with Crippen LogP contribution in [0.2, 0.25) is 0 Å². The van der Waals surface area contributed by atoms with E-state index in [4.69, 9.17) is 5.73 Å². The Balaban J connectivity index is 2.75. The molecule has 1 heteroatoms. The van der Waals surface area contributed by atoms with Gasteiger partial charge in [0.1, 0.15) is 0 Å². The van der Waals surface area contributed by atoms with Crippen LogP contribution in [0, 0.1) is 5.92 Å². The van der Waals surface area contributed by atoms with Gasteiger partial charge in [-0.05, 0) is 43.2 Å². The largest absolute Gasteiger partial charge is 0.398 e. The predicted octanol–water partition coefficient (Wildman–Crippen LogP) is 4.36. The molecule has 0 radical (unpaired) electrons. The van der Waals surface area contributed by atoms with Gasteiger partial charge in [0.05, 0.1) is 0 Å². The molecular formula is C15H23N. The number of para-hydroxylation sites is 1. The molecular weight excluding hydrogens is 194 g/mol. The summed E-state index contributed by atoms with van der Waals surface area (Å²) in [5, 5.41) is 0. The molecule has 0 heterocycles. The molecule has 0 bridgehead atoms. The van der Waals surface area contributed by atoms with Crippen LogP contribution in [0.25, 0.3) is 0 Å². The third kappa shape index (κ3) is 3.13. The van der Waals surface area contributed by atoms with E-state index in [9.17, 15) is 0 Å². The maximum atomic E-state index is 5.99. The zero-order valence-corrected chi connectivity index (χ0v) is 10.7. The van der Waals surface area contributed by atoms with E-state index in [2.05, 4.69) is 39.5 Å². The molecule has 0 fully saturated rings. The second-order valence-corrected chi connectivity index (χ2v) is 4.72. The average Bonchev–Trinajstić information content (AvgIpc) is 2.25. The topological polar surface area (TPSA) is 26.0 Å². The first-order valence-electron chi connectivity index (χ1n) is 6.06. The third-order valence-corrected chi connectivity index (χ3v) is 3.35. The van der Waals surface area contributed by atoms with Crippen molar-refractivity contribution in [1.82, 2.24) is 0 Å². The molecule has 1 nitrogen and oxygen atoms in total. The van der Waals surface area contributed by atoms with Crippen LogP contribution in [-0.2, 0) is 0 Å². The molecule has 0 saturated heterocycles. The Kier molecular flexibility index (Phi) is 4.60. The Morgan fingerprint density at radius 1 is 1.38 bits per heavy atom. The summed E-state index contributed by atoms with van der Waals surface area (Å²) in [6, 6.07) is 8.16. The number of rotatable bonds is 5. The highest BCUT2D eigenvalue weighted by atomic mass is 14.6. The Bertz CT molecular complexity index is 354. The number of hydrogen-bond acceptors (Lipinski definition) is 1. The number of hydrogen-bond donors (Lipinski definition) is 1. The van der Waals surface area contributed by atoms with Gasteiger partial charge in [-0.25, -0.2) is 0 Å². The summed E-state index contributed by atoms with van der Waals surface area (Å²) in [5.74, 6) is 1.11. The van der Waals surface area contributed by atoms with Crippen LogP contribution in [0.15, 0.2) is 36.4 Å². The van der Waals surface area contributed by atoms with Gasteiger partial charge in [-0.1, -0.05) is 44.2 Å². The molecule has 2 N–H and O–H groups in total. The van der Waals surface area contributed by atoms with Crippen molar-refractivity contribution in [2.45, 2.75) is 39.5 Å². The summed E-state index contributed by atoms with van der Waals surface area (Å²) in [6.45, 7) is 10.7. The zero-order valence-electron chi connectivity index (χ0n) is 10.7. The van der Waals surface area contributed by atoms with Crippen LogP contribution in [0.3, 0.4) is 0 Å². The van der Waals surface area contributed by atoms with Gasteiger partial charge in [-0.15, -0.1) is 0 Å². The van der Waals surface area contributed by atoms with E-state index in [1.54, 1.807) is 0 Å². The van der Waals surface area contributed by atoms with Crippen molar-refractivity contribution in [2.24, 2.45) is 5.92 Å². The first kappa shape index (κ1) is 12.8. The monoisotopic (exact) mass is 217 g/mol. The van der Waals surface area contributed by atoms with Gasteiger partial charge in [-0.3, -0.25) is 0 Å². The lowest BCUT2D eigenvalue weighted by Crippen LogP contribution is -2.07. The van der Waals surface area contributed by atoms with Crippen LogP contribution < -0.4 is 5.73 Å². The standard InChI is InChI=1S/C15H23N/c1-5-13(11(2)3)10-12(4)14-8-6-7-9-15(14)16/h6-9,12-13H,2,5,10,16H2,1,3-4H3. The lowest BCUT2D eigenvalue weighted by Gasteiger charge is -2.21. The highest BCUT2D eigenvalue weighted by Gasteiger charge is 2.15. The minimum atomic E-state index is 0.503. The number of nitrogens with two attached hydrogens (primary N) is 1. The number of nitrogen functional groups attached to an aromatic ring is 1. The van der Waals surface area contributed by atoms with E-state index in [1.165, 1.54) is 11.1 Å². The SMILES string of the molecule is C=C(C)C(CC)CC(C)c1ccccc1N. The highest BCUT2D eigenvalue weighted by molar-refractivity contribution is 5.48. The second kappa shape index (κ2) is 5.74. The highest BCUT2D eigenvalue weighted by Crippen LogP contribution is 2.31. The van der Waals surface area contributed by atoms with Crippen molar-refractivity contribution in [2.75, 3.05) is 5.73 Å². The van der Waals surface area contributed by atoms with E-state index >= 15 is 0 Å². The molecule has 1 aromatic rings. The third-order valence-electron chi connectivity index (χ3n) is 3.35. The smallest absolute Gasteiger partial charge is 0.0349 e. The van der Waals surface area contributed by atoms with Crippen molar-refractivity contribution < 1.29 is 0 Å². The molecule has 0 spiro atoms. The first-order valence-corrected chi connectivity index (χ1v) is 6.06. The summed E-state index contributed by atoms with van der Waals surface area (Å²) in [7, 11) is 0. The lowest BCUT2D eigenvalue weighted by atomic mass is 9.85. The molecule has 2 unspecified atom stereocenters. The first-order chi connectivity index (χ1) is 7.56. The molecule has 0 amide bonds. The fourth-order valence-corrected chi connectivity index (χ4v) is 2.23. The van der Waals surface area contributed by atoms with Crippen molar-refractivity contribution in [3.63, 3.8) is 0 Å². The van der Waals surface area contributed by atoms with Gasteiger partial charge in [-0.2, -0.15) is 0 Å². The molecule has 0 aliphatic carbocycles. The summed E-state index contributed by atoms with van der Waals surface area (Å²) < 4.78 is 0. The van der Waals surface area contributed by atoms with Crippen molar-refractivity contribution in [3.8, 4) is 0 Å². The quantitative estimate of drug-likeness (QED) is 0.575. The van der Waals surface area contributed by atoms with Crippen LogP contribution in [-0.4, -0.2) is 0 Å². The van der Waals surface area contributed by atoms with Crippen molar-refractivity contribution in [3.05, 3.63) is 42.0 Å². The minimum absolute atomic E-state index is 0.503. The molecule has 2 atom stereocenters. The van der Waals surface area contributed by atoms with E-state index in [1.807, 2.05) is 12.1 Å². The van der Waals surface area contributed by atoms with E-state index in [0.29, 0.717) is 11.8 Å². The van der Waals surface area contributed by atoms with Crippen molar-refractivity contribution >= 4 is 5.69 Å². The Morgan fingerprint density at radius 2 is 2.00 bits per heavy atom. The predicted molar refractivity (Wildman–Crippen MR) is 72.5 cm³/mol. The fraction of sp³-hybridized carbons (Fsp3) is 0.467. The van der Waals surface area contributed by atoms with E-state index in [0.717, 1.165) is 18.5 Å². The van der Waals surface area contributed by atoms with Gasteiger partial charge < -0.3 is 5.73 Å². The molecule has 1 aromatic carbocycles. The second-order valence-electron chi connectivity index (χ2n) is 4.72. The van der Waals surface area contributed by atoms with Crippen LogP contribution in [0.5, 0.6) is 0 Å². The molecule has 0 saturated carbocycles. The van der Waals surface area contributed by atoms with Gasteiger partial charge in [0.25, 0.3) is 0 Å². The van der Waals surface area contributed by atoms with Crippen molar-refractivity contribution in [1.29, 1.82) is 0 Å². The fourth-order valence-electron chi connectivity index (χ4n) is 2.23. The maximum absolute atomic E-state index is 5.99. The molecule has 88 valence electrons. The van der Waals surface area contributed by atoms with Crippen LogP contribution in [0.4, 0.5) is 5.69 Å². The van der Waals surface area contributed by atoms with Crippen LogP contribution in [0.1, 0.15) is 45.1 Å². The maximum Gasteiger partial charge on any atom is 0.0349 e. The summed E-state index contributed by atoms with van der Waals surface area (Å²) in [4.78, 5) is 0. The van der Waals surface area contributed by atoms with Gasteiger partial charge >= 0.3 is 0 Å². The summed E-state index contributed by atoms with van der Waals surface area (Å²) in [5.41, 5.74) is 9.45. The number of benzene rings is 1. The molecule has 0 aliphatic heterocycles. The van der Waals surface area contributed by atoms with Gasteiger partial charge in [0, 0.05) is 5.69 Å². The summed E-state index contributed by atoms with van der Waals surface area (Å²) >= 11 is 0. The molecule has 1 rings (SSSR count). The van der Waals surface area contributed by atoms with Gasteiger partial charge in [0.2, 0.25) is 0 Å². The number of anilines is 1. The van der Waals surface area contributed by atoms with E-state index < -0.39 is 0 Å². The Hall–Kier alpha value is -1.24. The lowest BCUT2D eigenvalue weighted by molar-refractivity contribution is 0.495. The normalized spacial score (nSPS) is 14.4. The minimum Gasteiger partial charge on any atom is -0.398 e. The van der Waals surface area contributed by atoms with Gasteiger partial charge in [0.15, 0.2) is 0 Å². The molecule has 16 heavy (non-hydrogen) atoms. The molecule has 0 aromatic heterocycles. The Morgan fingerprint density at radius 3 is 2.50 bits per heavy atom. The number of allylic oxidation sites excluding steroid dienone is 1. The molecule has 0 aliphatic rings.